The van der Waals surface area contributed by atoms with E-state index in [9.17, 15) is 22.8 Å². The van der Waals surface area contributed by atoms with Crippen molar-refractivity contribution in [3.05, 3.63) is 89.1 Å². The lowest BCUT2D eigenvalue weighted by atomic mass is 10.1. The number of methoxy groups -OCH3 is 1. The summed E-state index contributed by atoms with van der Waals surface area (Å²) in [6.07, 6.45) is -3.82. The van der Waals surface area contributed by atoms with Crippen molar-refractivity contribution in [3.8, 4) is 11.4 Å². The molecule has 0 aliphatic carbocycles. The highest BCUT2D eigenvalue weighted by Gasteiger charge is 2.30. The highest BCUT2D eigenvalue weighted by molar-refractivity contribution is 6.01. The summed E-state index contributed by atoms with van der Waals surface area (Å²) in [6.45, 7) is 0.114. The fourth-order valence-electron chi connectivity index (χ4n) is 3.69. The van der Waals surface area contributed by atoms with Crippen LogP contribution in [0.15, 0.2) is 66.7 Å². The number of halogens is 3. The second-order valence-electron chi connectivity index (χ2n) is 7.65. The number of rotatable bonds is 6. The second kappa shape index (κ2) is 9.01. The zero-order chi connectivity index (χ0) is 24.5. The molecule has 0 bridgehead atoms. The molecule has 0 saturated carbocycles. The zero-order valence-corrected chi connectivity index (χ0v) is 18.3. The van der Waals surface area contributed by atoms with E-state index in [1.54, 1.807) is 49.5 Å². The predicted molar refractivity (Wildman–Crippen MR) is 120 cm³/mol. The quantitative estimate of drug-likeness (QED) is 0.369. The van der Waals surface area contributed by atoms with E-state index in [4.69, 9.17) is 4.74 Å². The van der Waals surface area contributed by atoms with Crippen LogP contribution >= 0.6 is 0 Å². The van der Waals surface area contributed by atoms with E-state index in [1.807, 2.05) is 0 Å². The lowest BCUT2D eigenvalue weighted by molar-refractivity contribution is -0.137. The maximum Gasteiger partial charge on any atom is 0.416 e. The van der Waals surface area contributed by atoms with E-state index in [1.165, 1.54) is 28.8 Å². The first kappa shape index (κ1) is 23.0. The standard InChI is InChI=1S/C25H20F3N3O3/c1-30(24(33)20-6-4-3-5-16(20)15-32)14-22-21-12-11-19(34-2)13-23(21)31(29-22)18-9-7-17(8-10-18)25(26,27)28/h3-13,15H,14H2,1-2H3. The number of carbonyl (C=O) groups is 2. The van der Waals surface area contributed by atoms with E-state index in [0.29, 0.717) is 34.3 Å². The van der Waals surface area contributed by atoms with Crippen molar-refractivity contribution in [3.63, 3.8) is 0 Å². The molecule has 4 aromatic rings. The molecule has 0 unspecified atom stereocenters. The molecule has 0 saturated heterocycles. The summed E-state index contributed by atoms with van der Waals surface area (Å²) in [5.74, 6) is 0.199. The van der Waals surface area contributed by atoms with Crippen LogP contribution in [0.5, 0.6) is 5.75 Å². The maximum atomic E-state index is 13.0. The van der Waals surface area contributed by atoms with E-state index >= 15 is 0 Å². The summed E-state index contributed by atoms with van der Waals surface area (Å²) >= 11 is 0. The van der Waals surface area contributed by atoms with Crippen molar-refractivity contribution in [2.24, 2.45) is 0 Å². The van der Waals surface area contributed by atoms with Crippen LogP contribution in [0.4, 0.5) is 13.2 Å². The van der Waals surface area contributed by atoms with Gasteiger partial charge >= 0.3 is 6.18 Å². The van der Waals surface area contributed by atoms with Crippen molar-refractivity contribution in [1.82, 2.24) is 14.7 Å². The van der Waals surface area contributed by atoms with Gasteiger partial charge < -0.3 is 9.64 Å². The Morgan fingerprint density at radius 3 is 2.44 bits per heavy atom. The number of aromatic nitrogens is 2. The Morgan fingerprint density at radius 2 is 1.79 bits per heavy atom. The summed E-state index contributed by atoms with van der Waals surface area (Å²) in [5, 5.41) is 5.31. The van der Waals surface area contributed by atoms with Crippen LogP contribution in [-0.4, -0.2) is 41.0 Å². The predicted octanol–water partition coefficient (Wildman–Crippen LogP) is 5.14. The molecule has 4 rings (SSSR count). The normalized spacial score (nSPS) is 11.4. The van der Waals surface area contributed by atoms with E-state index in [2.05, 4.69) is 5.10 Å². The van der Waals surface area contributed by atoms with Crippen molar-refractivity contribution in [2.45, 2.75) is 12.7 Å². The molecule has 0 N–H and O–H groups in total. The third-order valence-electron chi connectivity index (χ3n) is 5.46. The average molecular weight is 467 g/mol. The molecule has 0 atom stereocenters. The second-order valence-corrected chi connectivity index (χ2v) is 7.65. The molecule has 0 spiro atoms. The molecule has 3 aromatic carbocycles. The number of fused-ring (bicyclic) bond motifs is 1. The summed E-state index contributed by atoms with van der Waals surface area (Å²) in [4.78, 5) is 25.7. The largest absolute Gasteiger partial charge is 0.497 e. The molecule has 1 aromatic heterocycles. The first-order valence-electron chi connectivity index (χ1n) is 10.3. The van der Waals surface area contributed by atoms with Crippen LogP contribution in [0.25, 0.3) is 16.6 Å². The molecule has 0 aliphatic heterocycles. The monoisotopic (exact) mass is 467 g/mol. The third-order valence-corrected chi connectivity index (χ3v) is 5.46. The number of hydrogen-bond donors (Lipinski definition) is 0. The van der Waals surface area contributed by atoms with Gasteiger partial charge in [0.1, 0.15) is 5.75 Å². The fourth-order valence-corrected chi connectivity index (χ4v) is 3.69. The van der Waals surface area contributed by atoms with E-state index in [0.717, 1.165) is 12.1 Å². The smallest absolute Gasteiger partial charge is 0.416 e. The number of amides is 1. The van der Waals surface area contributed by atoms with Gasteiger partial charge in [0.05, 0.1) is 41.7 Å². The van der Waals surface area contributed by atoms with Crippen LogP contribution in [0.2, 0.25) is 0 Å². The number of aldehydes is 1. The number of alkyl halides is 3. The van der Waals surface area contributed by atoms with Crippen LogP contribution < -0.4 is 4.74 Å². The SMILES string of the molecule is COc1ccc2c(CN(C)C(=O)c3ccccc3C=O)nn(-c3ccc(C(F)(F)F)cc3)c2c1. The molecular formula is C25H20F3N3O3. The minimum atomic E-state index is -4.44. The van der Waals surface area contributed by atoms with Gasteiger partial charge in [-0.3, -0.25) is 9.59 Å². The Labute approximate surface area is 193 Å². The Morgan fingerprint density at radius 1 is 1.09 bits per heavy atom. The van der Waals surface area contributed by atoms with Gasteiger partial charge in [0.15, 0.2) is 6.29 Å². The van der Waals surface area contributed by atoms with Gasteiger partial charge in [-0.1, -0.05) is 18.2 Å². The molecule has 34 heavy (non-hydrogen) atoms. The van der Waals surface area contributed by atoms with Gasteiger partial charge in [-0.05, 0) is 42.5 Å². The summed E-state index contributed by atoms with van der Waals surface area (Å²) < 4.78 is 45.8. The molecular weight excluding hydrogens is 447 g/mol. The molecule has 174 valence electrons. The molecule has 6 nitrogen and oxygen atoms in total. The van der Waals surface area contributed by atoms with Gasteiger partial charge in [-0.2, -0.15) is 18.3 Å². The average Bonchev–Trinajstić information content (AvgIpc) is 3.20. The minimum absolute atomic E-state index is 0.114. The summed E-state index contributed by atoms with van der Waals surface area (Å²) in [7, 11) is 3.11. The number of nitrogens with zero attached hydrogens (tertiary/aromatic N) is 3. The maximum absolute atomic E-state index is 13.0. The van der Waals surface area contributed by atoms with E-state index in [-0.39, 0.29) is 23.6 Å². The van der Waals surface area contributed by atoms with Crippen LogP contribution in [0.1, 0.15) is 32.0 Å². The lowest BCUT2D eigenvalue weighted by Gasteiger charge is -2.17. The zero-order valence-electron chi connectivity index (χ0n) is 18.3. The van der Waals surface area contributed by atoms with Crippen LogP contribution in [0, 0.1) is 0 Å². The van der Waals surface area contributed by atoms with Crippen molar-refractivity contribution in [1.29, 1.82) is 0 Å². The van der Waals surface area contributed by atoms with E-state index < -0.39 is 11.7 Å². The van der Waals surface area contributed by atoms with Crippen molar-refractivity contribution >= 4 is 23.1 Å². The van der Waals surface area contributed by atoms with Crippen LogP contribution in [-0.2, 0) is 12.7 Å². The summed E-state index contributed by atoms with van der Waals surface area (Å²) in [6, 6.07) is 16.4. The number of hydrogen-bond acceptors (Lipinski definition) is 4. The van der Waals surface area contributed by atoms with Crippen molar-refractivity contribution in [2.75, 3.05) is 14.2 Å². The Hall–Kier alpha value is -4.14. The number of benzene rings is 3. The van der Waals surface area contributed by atoms with Gasteiger partial charge in [0.25, 0.3) is 5.91 Å². The number of carbonyl (C=O) groups excluding carboxylic acids is 2. The fraction of sp³-hybridized carbons (Fsp3) is 0.160. The molecule has 1 heterocycles. The number of ether oxygens (including phenoxy) is 1. The van der Waals surface area contributed by atoms with Gasteiger partial charge in [-0.25, -0.2) is 4.68 Å². The highest BCUT2D eigenvalue weighted by atomic mass is 19.4. The first-order valence-corrected chi connectivity index (χ1v) is 10.3. The van der Waals surface area contributed by atoms with Crippen LogP contribution in [0.3, 0.4) is 0 Å². The first-order chi connectivity index (χ1) is 16.2. The van der Waals surface area contributed by atoms with Gasteiger partial charge in [0.2, 0.25) is 0 Å². The molecule has 9 heteroatoms. The Kier molecular flexibility index (Phi) is 6.10. The minimum Gasteiger partial charge on any atom is -0.497 e. The summed E-state index contributed by atoms with van der Waals surface area (Å²) in [5.41, 5.74) is 1.38. The third kappa shape index (κ3) is 4.36. The Balaban J connectivity index is 1.74. The highest BCUT2D eigenvalue weighted by Crippen LogP contribution is 2.31. The molecule has 0 radical (unpaired) electrons. The lowest BCUT2D eigenvalue weighted by Crippen LogP contribution is -2.27. The van der Waals surface area contributed by atoms with Gasteiger partial charge in [0, 0.05) is 24.1 Å². The molecule has 0 fully saturated rings. The molecule has 1 amide bonds. The Bertz CT molecular complexity index is 1360. The van der Waals surface area contributed by atoms with Gasteiger partial charge in [-0.15, -0.1) is 0 Å². The molecule has 0 aliphatic rings. The van der Waals surface area contributed by atoms with Crippen molar-refractivity contribution < 1.29 is 27.5 Å². The topological polar surface area (TPSA) is 64.4 Å².